The van der Waals surface area contributed by atoms with E-state index in [1.165, 1.54) is 11.8 Å². The van der Waals surface area contributed by atoms with E-state index in [-0.39, 0.29) is 5.91 Å². The van der Waals surface area contributed by atoms with Crippen molar-refractivity contribution in [3.63, 3.8) is 0 Å². The molecule has 0 N–H and O–H groups in total. The summed E-state index contributed by atoms with van der Waals surface area (Å²) >= 11 is 1.48. The van der Waals surface area contributed by atoms with Crippen LogP contribution in [-0.2, 0) is 0 Å². The van der Waals surface area contributed by atoms with Crippen molar-refractivity contribution in [2.45, 2.75) is 30.5 Å². The summed E-state index contributed by atoms with van der Waals surface area (Å²) in [5.74, 6) is 0.0528. The van der Waals surface area contributed by atoms with Gasteiger partial charge in [0.2, 0.25) is 0 Å². The minimum atomic E-state index is 0.0528. The monoisotopic (exact) mass is 294 g/mol. The number of likely N-dealkylation sites (tertiary alicyclic amines) is 1. The first kappa shape index (κ1) is 15.3. The lowest BCUT2D eigenvalue weighted by molar-refractivity contribution is 0.0757. The van der Waals surface area contributed by atoms with Crippen LogP contribution in [0, 0.1) is 0 Å². The van der Waals surface area contributed by atoms with Crippen molar-refractivity contribution < 1.29 is 4.79 Å². The molecule has 1 saturated heterocycles. The molecule has 0 saturated carbocycles. The summed E-state index contributed by atoms with van der Waals surface area (Å²) in [6.45, 7) is 1.64. The molecule has 1 atom stereocenters. The topological polar surface area (TPSA) is 49.3 Å². The van der Waals surface area contributed by atoms with Crippen molar-refractivity contribution >= 4 is 17.7 Å². The lowest BCUT2D eigenvalue weighted by Gasteiger charge is -2.23. The Labute approximate surface area is 124 Å². The maximum atomic E-state index is 12.5. The van der Waals surface area contributed by atoms with Crippen LogP contribution in [0.5, 0.6) is 0 Å². The van der Waals surface area contributed by atoms with Crippen LogP contribution in [-0.4, -0.2) is 65.2 Å². The molecule has 1 aromatic rings. The Morgan fingerprint density at radius 1 is 1.30 bits per heavy atom. The maximum absolute atomic E-state index is 12.5. The van der Waals surface area contributed by atoms with E-state index in [1.54, 1.807) is 12.4 Å². The Bertz CT molecular complexity index is 449. The fourth-order valence-electron chi connectivity index (χ4n) is 2.51. The molecule has 1 aliphatic rings. The van der Waals surface area contributed by atoms with Gasteiger partial charge in [-0.3, -0.25) is 4.79 Å². The Morgan fingerprint density at radius 3 is 2.60 bits per heavy atom. The summed E-state index contributed by atoms with van der Waals surface area (Å²) < 4.78 is 0. The number of amides is 1. The van der Waals surface area contributed by atoms with E-state index in [0.717, 1.165) is 32.4 Å². The molecular formula is C14H22N4OS. The molecule has 0 spiro atoms. The van der Waals surface area contributed by atoms with Crippen molar-refractivity contribution in [2.24, 2.45) is 0 Å². The third-order valence-electron chi connectivity index (χ3n) is 3.77. The third-order valence-corrected chi connectivity index (χ3v) is 4.35. The van der Waals surface area contributed by atoms with E-state index < -0.39 is 0 Å². The van der Waals surface area contributed by atoms with Crippen molar-refractivity contribution in [2.75, 3.05) is 33.4 Å². The van der Waals surface area contributed by atoms with E-state index in [4.69, 9.17) is 0 Å². The molecule has 20 heavy (non-hydrogen) atoms. The molecule has 5 nitrogen and oxygen atoms in total. The first-order chi connectivity index (χ1) is 9.61. The third kappa shape index (κ3) is 3.70. The molecule has 2 heterocycles. The second kappa shape index (κ2) is 7.04. The zero-order chi connectivity index (χ0) is 14.5. The van der Waals surface area contributed by atoms with Gasteiger partial charge in [-0.05, 0) is 39.6 Å². The number of carbonyl (C=O) groups is 1. The molecule has 6 heteroatoms. The van der Waals surface area contributed by atoms with Gasteiger partial charge in [-0.1, -0.05) is 11.8 Å². The number of rotatable bonds is 3. The van der Waals surface area contributed by atoms with Crippen LogP contribution in [0.25, 0.3) is 0 Å². The van der Waals surface area contributed by atoms with Gasteiger partial charge in [0.15, 0.2) is 5.16 Å². The molecule has 1 amide bonds. The number of hydrogen-bond acceptors (Lipinski definition) is 5. The van der Waals surface area contributed by atoms with Gasteiger partial charge < -0.3 is 9.80 Å². The normalized spacial score (nSPS) is 20.0. The van der Waals surface area contributed by atoms with Gasteiger partial charge in [-0.25, -0.2) is 9.97 Å². The lowest BCUT2D eigenvalue weighted by atomic mass is 10.1. The lowest BCUT2D eigenvalue weighted by Crippen LogP contribution is -2.34. The molecular weight excluding hydrogens is 272 g/mol. The van der Waals surface area contributed by atoms with Gasteiger partial charge in [0.1, 0.15) is 0 Å². The summed E-state index contributed by atoms with van der Waals surface area (Å²) in [6, 6.07) is 0.572. The van der Waals surface area contributed by atoms with Crippen molar-refractivity contribution in [1.29, 1.82) is 0 Å². The molecule has 0 aromatic carbocycles. The molecule has 1 fully saturated rings. The number of carbonyl (C=O) groups excluding carboxylic acids is 1. The number of thioether (sulfide) groups is 1. The van der Waals surface area contributed by atoms with Gasteiger partial charge in [-0.2, -0.15) is 0 Å². The second-order valence-electron chi connectivity index (χ2n) is 5.30. The van der Waals surface area contributed by atoms with Gasteiger partial charge >= 0.3 is 0 Å². The largest absolute Gasteiger partial charge is 0.338 e. The second-order valence-corrected chi connectivity index (χ2v) is 6.07. The highest BCUT2D eigenvalue weighted by atomic mass is 32.2. The molecule has 2 rings (SSSR count). The van der Waals surface area contributed by atoms with Gasteiger partial charge in [-0.15, -0.1) is 0 Å². The maximum Gasteiger partial charge on any atom is 0.256 e. The summed E-state index contributed by atoms with van der Waals surface area (Å²) in [5, 5.41) is 0.699. The Morgan fingerprint density at radius 2 is 2.00 bits per heavy atom. The predicted octanol–water partition coefficient (Wildman–Crippen LogP) is 1.75. The van der Waals surface area contributed by atoms with E-state index in [9.17, 15) is 4.79 Å². The molecule has 0 bridgehead atoms. The molecule has 110 valence electrons. The SMILES string of the molecule is CSc1ncc(C(=O)N2CCC[C@@H](N(C)C)CC2)cn1. The first-order valence-corrected chi connectivity index (χ1v) is 8.16. The van der Waals surface area contributed by atoms with E-state index in [1.807, 2.05) is 11.2 Å². The highest BCUT2D eigenvalue weighted by molar-refractivity contribution is 7.98. The standard InChI is InChI=1S/C14H22N4OS/c1-17(2)12-5-4-7-18(8-6-12)13(19)11-9-15-14(20-3)16-10-11/h9-10,12H,4-8H2,1-3H3/t12-/m1/s1. The zero-order valence-electron chi connectivity index (χ0n) is 12.4. The molecule has 0 radical (unpaired) electrons. The van der Waals surface area contributed by atoms with Crippen LogP contribution in [0.1, 0.15) is 29.6 Å². The predicted molar refractivity (Wildman–Crippen MR) is 81.0 cm³/mol. The minimum absolute atomic E-state index is 0.0528. The van der Waals surface area contributed by atoms with Gasteiger partial charge in [0.05, 0.1) is 5.56 Å². The zero-order valence-corrected chi connectivity index (χ0v) is 13.2. The van der Waals surface area contributed by atoms with Crippen molar-refractivity contribution in [1.82, 2.24) is 19.8 Å². The highest BCUT2D eigenvalue weighted by Crippen LogP contribution is 2.17. The Balaban J connectivity index is 2.01. The van der Waals surface area contributed by atoms with E-state index in [0.29, 0.717) is 16.8 Å². The fraction of sp³-hybridized carbons (Fsp3) is 0.643. The van der Waals surface area contributed by atoms with Gasteiger partial charge in [0.25, 0.3) is 5.91 Å². The summed E-state index contributed by atoms with van der Waals surface area (Å²) in [7, 11) is 4.22. The number of nitrogens with zero attached hydrogens (tertiary/aromatic N) is 4. The summed E-state index contributed by atoms with van der Waals surface area (Å²) in [5.41, 5.74) is 0.589. The smallest absolute Gasteiger partial charge is 0.256 e. The highest BCUT2D eigenvalue weighted by Gasteiger charge is 2.22. The van der Waals surface area contributed by atoms with Crippen LogP contribution < -0.4 is 0 Å². The van der Waals surface area contributed by atoms with Crippen molar-refractivity contribution in [3.8, 4) is 0 Å². The minimum Gasteiger partial charge on any atom is -0.338 e. The van der Waals surface area contributed by atoms with E-state index in [2.05, 4.69) is 29.0 Å². The number of aromatic nitrogens is 2. The van der Waals surface area contributed by atoms with Crippen LogP contribution in [0.4, 0.5) is 0 Å². The van der Waals surface area contributed by atoms with Crippen LogP contribution in [0.2, 0.25) is 0 Å². The first-order valence-electron chi connectivity index (χ1n) is 6.93. The molecule has 0 aliphatic carbocycles. The van der Waals surface area contributed by atoms with Crippen LogP contribution >= 0.6 is 11.8 Å². The summed E-state index contributed by atoms with van der Waals surface area (Å²) in [6.07, 6.45) is 8.43. The van der Waals surface area contributed by atoms with Crippen LogP contribution in [0.15, 0.2) is 17.6 Å². The number of hydrogen-bond donors (Lipinski definition) is 0. The van der Waals surface area contributed by atoms with E-state index >= 15 is 0 Å². The van der Waals surface area contributed by atoms with Crippen molar-refractivity contribution in [3.05, 3.63) is 18.0 Å². The Hall–Kier alpha value is -1.14. The quantitative estimate of drug-likeness (QED) is 0.628. The summed E-state index contributed by atoms with van der Waals surface area (Å²) in [4.78, 5) is 25.0. The molecule has 1 aliphatic heterocycles. The van der Waals surface area contributed by atoms with Gasteiger partial charge in [0, 0.05) is 31.5 Å². The molecule has 1 aromatic heterocycles. The Kier molecular flexibility index (Phi) is 5.37. The average Bonchev–Trinajstić information content (AvgIpc) is 2.72. The van der Waals surface area contributed by atoms with Crippen LogP contribution in [0.3, 0.4) is 0 Å². The fourth-order valence-corrected chi connectivity index (χ4v) is 2.83. The average molecular weight is 294 g/mol. The molecule has 0 unspecified atom stereocenters.